The third kappa shape index (κ3) is 2.87. The van der Waals surface area contributed by atoms with Gasteiger partial charge in [-0.25, -0.2) is 9.18 Å². The second-order valence-electron chi connectivity index (χ2n) is 7.07. The molecule has 0 atom stereocenters. The van der Waals surface area contributed by atoms with Gasteiger partial charge in [0, 0.05) is 26.8 Å². The van der Waals surface area contributed by atoms with Gasteiger partial charge in [-0.3, -0.25) is 13.9 Å². The monoisotopic (exact) mass is 377 g/mol. The Labute approximate surface area is 160 Å². The molecule has 2 aromatic carbocycles. The summed E-state index contributed by atoms with van der Waals surface area (Å²) in [6.07, 6.45) is 1.82. The summed E-state index contributed by atoms with van der Waals surface area (Å²) >= 11 is 0. The van der Waals surface area contributed by atoms with Crippen molar-refractivity contribution in [1.82, 2.24) is 13.7 Å². The van der Waals surface area contributed by atoms with Crippen molar-refractivity contribution in [2.45, 2.75) is 13.5 Å². The topological polar surface area (TPSA) is 48.9 Å². The molecule has 0 aliphatic heterocycles. The van der Waals surface area contributed by atoms with Gasteiger partial charge in [0.2, 0.25) is 0 Å². The van der Waals surface area contributed by atoms with E-state index in [1.807, 2.05) is 42.0 Å². The van der Waals surface area contributed by atoms with Crippen LogP contribution in [0.2, 0.25) is 0 Å². The lowest BCUT2D eigenvalue weighted by Gasteiger charge is -2.11. The van der Waals surface area contributed by atoms with E-state index >= 15 is 0 Å². The Morgan fingerprint density at radius 3 is 2.36 bits per heavy atom. The zero-order valence-electron chi connectivity index (χ0n) is 15.9. The predicted molar refractivity (Wildman–Crippen MR) is 108 cm³/mol. The molecule has 0 unspecified atom stereocenters. The third-order valence-corrected chi connectivity index (χ3v) is 5.07. The third-order valence-electron chi connectivity index (χ3n) is 5.07. The Bertz CT molecular complexity index is 1310. The molecule has 4 rings (SSSR count). The van der Waals surface area contributed by atoms with Crippen molar-refractivity contribution in [3.8, 4) is 11.3 Å². The van der Waals surface area contributed by atoms with Crippen molar-refractivity contribution < 1.29 is 4.39 Å². The van der Waals surface area contributed by atoms with E-state index in [1.54, 1.807) is 19.2 Å². The van der Waals surface area contributed by atoms with Gasteiger partial charge in [0.05, 0.1) is 16.6 Å². The van der Waals surface area contributed by atoms with Crippen molar-refractivity contribution in [2.24, 2.45) is 14.1 Å². The quantitative estimate of drug-likeness (QED) is 0.551. The summed E-state index contributed by atoms with van der Waals surface area (Å²) in [6, 6.07) is 14.2. The first-order chi connectivity index (χ1) is 13.4. The molecule has 142 valence electrons. The van der Waals surface area contributed by atoms with Gasteiger partial charge in [-0.15, -0.1) is 0 Å². The van der Waals surface area contributed by atoms with Crippen LogP contribution in [0.3, 0.4) is 0 Å². The highest BCUT2D eigenvalue weighted by molar-refractivity contribution is 5.93. The highest BCUT2D eigenvalue weighted by Gasteiger charge is 2.19. The van der Waals surface area contributed by atoms with Gasteiger partial charge in [-0.1, -0.05) is 35.9 Å². The second kappa shape index (κ2) is 6.64. The summed E-state index contributed by atoms with van der Waals surface area (Å²) in [5, 5.41) is 0.498. The fourth-order valence-corrected chi connectivity index (χ4v) is 3.60. The maximum Gasteiger partial charge on any atom is 0.330 e. The molecule has 0 amide bonds. The van der Waals surface area contributed by atoms with Crippen molar-refractivity contribution in [3.63, 3.8) is 0 Å². The number of fused-ring (bicyclic) bond motifs is 1. The van der Waals surface area contributed by atoms with Crippen LogP contribution in [0.25, 0.3) is 22.2 Å². The highest BCUT2D eigenvalue weighted by Crippen LogP contribution is 2.29. The van der Waals surface area contributed by atoms with Crippen LogP contribution in [-0.2, 0) is 20.6 Å². The van der Waals surface area contributed by atoms with Gasteiger partial charge in [0.15, 0.2) is 0 Å². The first kappa shape index (κ1) is 18.0. The largest absolute Gasteiger partial charge is 0.340 e. The minimum atomic E-state index is -0.368. The molecule has 6 heteroatoms. The van der Waals surface area contributed by atoms with Crippen LogP contribution in [0.15, 0.2) is 64.3 Å². The number of aryl methyl sites for hydroxylation is 2. The summed E-state index contributed by atoms with van der Waals surface area (Å²) < 4.78 is 17.9. The molecular formula is C22H20FN3O2. The number of benzene rings is 2. The molecule has 0 saturated heterocycles. The number of nitrogens with zero attached hydrogens (tertiary/aromatic N) is 3. The average Bonchev–Trinajstić information content (AvgIpc) is 3.06. The molecule has 0 aliphatic carbocycles. The van der Waals surface area contributed by atoms with Crippen LogP contribution >= 0.6 is 0 Å². The number of hydrogen-bond donors (Lipinski definition) is 0. The van der Waals surface area contributed by atoms with Gasteiger partial charge in [0.1, 0.15) is 5.82 Å². The van der Waals surface area contributed by atoms with Crippen molar-refractivity contribution in [2.75, 3.05) is 0 Å². The van der Waals surface area contributed by atoms with Crippen molar-refractivity contribution in [1.29, 1.82) is 0 Å². The van der Waals surface area contributed by atoms with Gasteiger partial charge in [-0.2, -0.15) is 0 Å². The number of aromatic nitrogens is 3. The summed E-state index contributed by atoms with van der Waals surface area (Å²) in [4.78, 5) is 25.4. The molecule has 5 nitrogen and oxygen atoms in total. The van der Waals surface area contributed by atoms with Gasteiger partial charge in [0.25, 0.3) is 5.56 Å². The van der Waals surface area contributed by atoms with E-state index in [0.29, 0.717) is 17.4 Å². The molecule has 2 heterocycles. The zero-order chi connectivity index (χ0) is 20.0. The zero-order valence-corrected chi connectivity index (χ0v) is 15.9. The van der Waals surface area contributed by atoms with E-state index in [0.717, 1.165) is 27.0 Å². The van der Waals surface area contributed by atoms with E-state index < -0.39 is 0 Å². The van der Waals surface area contributed by atoms with Gasteiger partial charge < -0.3 is 4.57 Å². The molecule has 0 N–H and O–H groups in total. The molecule has 0 bridgehead atoms. The smallest absolute Gasteiger partial charge is 0.330 e. The molecule has 0 radical (unpaired) electrons. The second-order valence-corrected chi connectivity index (χ2v) is 7.07. The SMILES string of the molecule is Cc1cccc(-c2c3c(=O)n(C)c(=O)n(C)c3cn2Cc2ccc(F)cc2)c1. The molecule has 28 heavy (non-hydrogen) atoms. The first-order valence-electron chi connectivity index (χ1n) is 8.97. The highest BCUT2D eigenvalue weighted by atomic mass is 19.1. The van der Waals surface area contributed by atoms with Crippen LogP contribution in [0.4, 0.5) is 4.39 Å². The summed E-state index contributed by atoms with van der Waals surface area (Å²) in [5.74, 6) is -0.295. The number of rotatable bonds is 3. The molecule has 4 aromatic rings. The molecule has 2 aromatic heterocycles. The van der Waals surface area contributed by atoms with E-state index in [4.69, 9.17) is 0 Å². The molecule has 0 fully saturated rings. The van der Waals surface area contributed by atoms with Crippen LogP contribution < -0.4 is 11.2 Å². The number of hydrogen-bond acceptors (Lipinski definition) is 2. The minimum absolute atomic E-state index is 0.295. The fraction of sp³-hybridized carbons (Fsp3) is 0.182. The van der Waals surface area contributed by atoms with Crippen LogP contribution in [-0.4, -0.2) is 13.7 Å². The Morgan fingerprint density at radius 1 is 0.964 bits per heavy atom. The summed E-state index contributed by atoms with van der Waals surface area (Å²) in [6.45, 7) is 2.45. The molecule has 0 aliphatic rings. The van der Waals surface area contributed by atoms with Crippen molar-refractivity contribution >= 4 is 10.9 Å². The molecule has 0 spiro atoms. The van der Waals surface area contributed by atoms with Crippen LogP contribution in [0.5, 0.6) is 0 Å². The van der Waals surface area contributed by atoms with E-state index in [-0.39, 0.29) is 17.1 Å². The predicted octanol–water partition coefficient (Wildman–Crippen LogP) is 3.20. The van der Waals surface area contributed by atoms with E-state index in [1.165, 1.54) is 23.7 Å². The summed E-state index contributed by atoms with van der Waals surface area (Å²) in [5.41, 5.74) is 3.50. The Morgan fingerprint density at radius 2 is 1.68 bits per heavy atom. The van der Waals surface area contributed by atoms with Gasteiger partial charge >= 0.3 is 5.69 Å². The first-order valence-corrected chi connectivity index (χ1v) is 8.97. The molecular weight excluding hydrogens is 357 g/mol. The lowest BCUT2D eigenvalue weighted by Crippen LogP contribution is -2.36. The van der Waals surface area contributed by atoms with Crippen molar-refractivity contribution in [3.05, 3.63) is 92.5 Å². The Hall–Kier alpha value is -3.41. The molecule has 0 saturated carbocycles. The minimum Gasteiger partial charge on any atom is -0.340 e. The maximum absolute atomic E-state index is 13.3. The number of halogens is 1. The normalized spacial score (nSPS) is 11.3. The Balaban J connectivity index is 2.06. The summed E-state index contributed by atoms with van der Waals surface area (Å²) in [7, 11) is 3.15. The van der Waals surface area contributed by atoms with Crippen LogP contribution in [0.1, 0.15) is 11.1 Å². The van der Waals surface area contributed by atoms with E-state index in [9.17, 15) is 14.0 Å². The van der Waals surface area contributed by atoms with Gasteiger partial charge in [-0.05, 0) is 36.2 Å². The average molecular weight is 377 g/mol. The maximum atomic E-state index is 13.3. The Kier molecular flexibility index (Phi) is 4.26. The lowest BCUT2D eigenvalue weighted by atomic mass is 10.1. The van der Waals surface area contributed by atoms with E-state index in [2.05, 4.69) is 0 Å². The lowest BCUT2D eigenvalue weighted by molar-refractivity contribution is 0.626. The standard InChI is InChI=1S/C22H20FN3O2/c1-14-5-4-6-16(11-14)20-19-18(24(2)22(28)25(3)21(19)27)13-26(20)12-15-7-9-17(23)10-8-15/h4-11,13H,12H2,1-3H3. The van der Waals surface area contributed by atoms with Crippen LogP contribution in [0, 0.1) is 12.7 Å². The fourth-order valence-electron chi connectivity index (χ4n) is 3.60.